The maximum absolute atomic E-state index is 12.9. The Labute approximate surface area is 213 Å². The molecule has 1 aliphatic heterocycles. The van der Waals surface area contributed by atoms with E-state index in [-0.39, 0.29) is 11.8 Å². The Hall–Kier alpha value is -3.42. The van der Waals surface area contributed by atoms with Gasteiger partial charge in [-0.05, 0) is 65.6 Å². The van der Waals surface area contributed by atoms with Gasteiger partial charge in [-0.15, -0.1) is 0 Å². The van der Waals surface area contributed by atoms with E-state index in [0.717, 1.165) is 65.1 Å². The van der Waals surface area contributed by atoms with Crippen LogP contribution in [0, 0.1) is 13.8 Å². The molecule has 0 aromatic heterocycles. The van der Waals surface area contributed by atoms with E-state index in [4.69, 9.17) is 4.74 Å². The second-order valence-electron chi connectivity index (χ2n) is 9.65. The molecule has 7 nitrogen and oxygen atoms in total. The highest BCUT2D eigenvalue weighted by Crippen LogP contribution is 2.22. The molecule has 3 aromatic carbocycles. The van der Waals surface area contributed by atoms with Crippen LogP contribution in [0.3, 0.4) is 0 Å². The van der Waals surface area contributed by atoms with Crippen LogP contribution in [0.5, 0.6) is 5.75 Å². The van der Waals surface area contributed by atoms with Crippen LogP contribution in [0.1, 0.15) is 16.7 Å². The fraction of sp³-hybridized carbons (Fsp3) is 0.379. The average molecular weight is 489 g/mol. The van der Waals surface area contributed by atoms with Crippen LogP contribution in [0.15, 0.2) is 54.6 Å². The van der Waals surface area contributed by atoms with E-state index in [1.165, 1.54) is 0 Å². The molecule has 3 aromatic rings. The Bertz CT molecular complexity index is 1230. The van der Waals surface area contributed by atoms with Crippen molar-refractivity contribution in [2.75, 3.05) is 58.7 Å². The van der Waals surface area contributed by atoms with Crippen LogP contribution in [-0.4, -0.2) is 79.9 Å². The van der Waals surface area contributed by atoms with Crippen molar-refractivity contribution < 1.29 is 14.3 Å². The number of anilines is 1. The van der Waals surface area contributed by atoms with Crippen molar-refractivity contribution in [3.05, 3.63) is 71.3 Å². The summed E-state index contributed by atoms with van der Waals surface area (Å²) in [6.07, 6.45) is 0. The summed E-state index contributed by atoms with van der Waals surface area (Å²) < 4.78 is 5.30. The average Bonchev–Trinajstić information content (AvgIpc) is 2.87. The number of hydrogen-bond donors (Lipinski definition) is 1. The third-order valence-electron chi connectivity index (χ3n) is 7.03. The molecule has 2 amide bonds. The first kappa shape index (κ1) is 25.7. The van der Waals surface area contributed by atoms with Gasteiger partial charge in [0.2, 0.25) is 11.8 Å². The molecule has 190 valence electrons. The number of carbonyl (C=O) groups is 2. The van der Waals surface area contributed by atoms with Crippen molar-refractivity contribution in [3.63, 3.8) is 0 Å². The number of benzene rings is 3. The number of hydrogen-bond acceptors (Lipinski definition) is 5. The third kappa shape index (κ3) is 6.42. The lowest BCUT2D eigenvalue weighted by Gasteiger charge is -2.34. The Kier molecular flexibility index (Phi) is 8.23. The minimum Gasteiger partial charge on any atom is -0.497 e. The van der Waals surface area contributed by atoms with Gasteiger partial charge in [-0.2, -0.15) is 0 Å². The number of rotatable bonds is 8. The van der Waals surface area contributed by atoms with E-state index in [2.05, 4.69) is 33.3 Å². The number of amides is 2. The predicted octanol–water partition coefficient (Wildman–Crippen LogP) is 3.68. The highest BCUT2D eigenvalue weighted by Gasteiger charge is 2.22. The molecule has 0 unspecified atom stereocenters. The zero-order valence-electron chi connectivity index (χ0n) is 21.7. The van der Waals surface area contributed by atoms with E-state index in [1.54, 1.807) is 12.0 Å². The van der Waals surface area contributed by atoms with Crippen molar-refractivity contribution in [1.29, 1.82) is 0 Å². The van der Waals surface area contributed by atoms with Crippen molar-refractivity contribution >= 4 is 28.3 Å². The largest absolute Gasteiger partial charge is 0.497 e. The van der Waals surface area contributed by atoms with Gasteiger partial charge in [-0.25, -0.2) is 0 Å². The summed E-state index contributed by atoms with van der Waals surface area (Å²) in [6.45, 7) is 8.47. The van der Waals surface area contributed by atoms with Crippen molar-refractivity contribution in [2.24, 2.45) is 0 Å². The van der Waals surface area contributed by atoms with Crippen LogP contribution < -0.4 is 10.1 Å². The normalized spacial score (nSPS) is 14.6. The van der Waals surface area contributed by atoms with Crippen molar-refractivity contribution in [1.82, 2.24) is 14.7 Å². The molecular formula is C29H36N4O3. The molecule has 0 spiro atoms. The van der Waals surface area contributed by atoms with E-state index in [1.807, 2.05) is 57.3 Å². The molecule has 1 fully saturated rings. The maximum Gasteiger partial charge on any atom is 0.238 e. The fourth-order valence-electron chi connectivity index (χ4n) is 4.56. The van der Waals surface area contributed by atoms with Crippen molar-refractivity contribution in [2.45, 2.75) is 20.4 Å². The fourth-order valence-corrected chi connectivity index (χ4v) is 4.56. The topological polar surface area (TPSA) is 65.1 Å². The second kappa shape index (κ2) is 11.5. The lowest BCUT2D eigenvalue weighted by Crippen LogP contribution is -2.51. The van der Waals surface area contributed by atoms with Crippen LogP contribution in [0.2, 0.25) is 0 Å². The molecule has 1 heterocycles. The van der Waals surface area contributed by atoms with Gasteiger partial charge in [0.05, 0.1) is 20.2 Å². The monoisotopic (exact) mass is 488 g/mol. The molecule has 0 aliphatic carbocycles. The molecule has 4 rings (SSSR count). The molecule has 7 heteroatoms. The summed E-state index contributed by atoms with van der Waals surface area (Å²) in [5, 5.41) is 5.28. The Balaban J connectivity index is 1.22. The van der Waals surface area contributed by atoms with Crippen LogP contribution in [0.25, 0.3) is 10.8 Å². The maximum atomic E-state index is 12.9. The van der Waals surface area contributed by atoms with Crippen LogP contribution in [-0.2, 0) is 16.1 Å². The van der Waals surface area contributed by atoms with Gasteiger partial charge in [0.15, 0.2) is 0 Å². The lowest BCUT2D eigenvalue weighted by atomic mass is 10.1. The quantitative estimate of drug-likeness (QED) is 0.524. The van der Waals surface area contributed by atoms with Gasteiger partial charge in [-0.3, -0.25) is 19.4 Å². The number of likely N-dealkylation sites (N-methyl/N-ethyl adjacent to an activating group) is 1. The first-order valence-corrected chi connectivity index (χ1v) is 12.4. The number of methoxy groups -OCH3 is 1. The van der Waals surface area contributed by atoms with E-state index in [9.17, 15) is 9.59 Å². The molecule has 1 aliphatic rings. The number of nitrogens with one attached hydrogen (secondary N) is 1. The first-order chi connectivity index (χ1) is 17.3. The molecule has 0 saturated carbocycles. The number of ether oxygens (including phenoxy) is 1. The summed E-state index contributed by atoms with van der Waals surface area (Å²) in [7, 11) is 3.52. The smallest absolute Gasteiger partial charge is 0.238 e. The van der Waals surface area contributed by atoms with Crippen LogP contribution >= 0.6 is 0 Å². The molecule has 1 saturated heterocycles. The predicted molar refractivity (Wildman–Crippen MR) is 144 cm³/mol. The van der Waals surface area contributed by atoms with Crippen molar-refractivity contribution in [3.8, 4) is 5.75 Å². The Morgan fingerprint density at radius 3 is 2.31 bits per heavy atom. The van der Waals surface area contributed by atoms with Gasteiger partial charge in [0, 0.05) is 45.5 Å². The number of piperazine rings is 1. The van der Waals surface area contributed by atoms with E-state index < -0.39 is 0 Å². The van der Waals surface area contributed by atoms with E-state index in [0.29, 0.717) is 19.6 Å². The number of carbonyl (C=O) groups excluding carboxylic acids is 2. The minimum atomic E-state index is 0.00166. The van der Waals surface area contributed by atoms with E-state index >= 15 is 0 Å². The molecular weight excluding hydrogens is 452 g/mol. The summed E-state index contributed by atoms with van der Waals surface area (Å²) in [4.78, 5) is 31.5. The molecule has 1 N–H and O–H groups in total. The Morgan fingerprint density at radius 1 is 0.917 bits per heavy atom. The van der Waals surface area contributed by atoms with Gasteiger partial charge < -0.3 is 15.0 Å². The molecule has 0 radical (unpaired) electrons. The van der Waals surface area contributed by atoms with Gasteiger partial charge >= 0.3 is 0 Å². The van der Waals surface area contributed by atoms with Crippen LogP contribution in [0.4, 0.5) is 5.69 Å². The number of nitrogens with zero attached hydrogens (tertiary/aromatic N) is 3. The lowest BCUT2D eigenvalue weighted by molar-refractivity contribution is -0.132. The first-order valence-electron chi connectivity index (χ1n) is 12.4. The standard InChI is InChI=1S/C29H36N4O3/c1-21-6-5-7-27(22(21)2)30-28(34)19-32-12-14-33(15-13-32)20-29(35)31(3)18-23-8-9-25-17-26(36-4)11-10-24(25)16-23/h5-11,16-17H,12-15,18-20H2,1-4H3,(H,30,34). The number of aryl methyl sites for hydroxylation is 1. The summed E-state index contributed by atoms with van der Waals surface area (Å²) >= 11 is 0. The summed E-state index contributed by atoms with van der Waals surface area (Å²) in [5.74, 6) is 0.942. The molecule has 0 bridgehead atoms. The minimum absolute atomic E-state index is 0.00166. The SMILES string of the molecule is COc1ccc2cc(CN(C)C(=O)CN3CCN(CC(=O)Nc4cccc(C)c4C)CC3)ccc2c1. The summed E-state index contributed by atoms with van der Waals surface area (Å²) in [6, 6.07) is 18.2. The summed E-state index contributed by atoms with van der Waals surface area (Å²) in [5.41, 5.74) is 4.24. The van der Waals surface area contributed by atoms with Gasteiger partial charge in [-0.1, -0.05) is 30.3 Å². The highest BCUT2D eigenvalue weighted by atomic mass is 16.5. The Morgan fingerprint density at radius 2 is 1.58 bits per heavy atom. The van der Waals surface area contributed by atoms with Gasteiger partial charge in [0.1, 0.15) is 5.75 Å². The highest BCUT2D eigenvalue weighted by molar-refractivity contribution is 5.93. The zero-order valence-corrected chi connectivity index (χ0v) is 21.7. The molecule has 0 atom stereocenters. The number of fused-ring (bicyclic) bond motifs is 1. The zero-order chi connectivity index (χ0) is 25.7. The third-order valence-corrected chi connectivity index (χ3v) is 7.03. The second-order valence-corrected chi connectivity index (χ2v) is 9.65. The van der Waals surface area contributed by atoms with Gasteiger partial charge in [0.25, 0.3) is 0 Å². The molecule has 36 heavy (non-hydrogen) atoms.